The smallest absolute Gasteiger partial charge is 0.272 e. The normalized spacial score (nSPS) is 23.7. The number of aromatic nitrogens is 2. The molecule has 1 aliphatic heterocycles. The van der Waals surface area contributed by atoms with E-state index in [9.17, 15) is 4.79 Å². The molecular formula is C12H21ClN4O. The molecule has 0 bridgehead atoms. The molecule has 1 saturated heterocycles. The molecule has 2 rings (SSSR count). The van der Waals surface area contributed by atoms with Crippen LogP contribution in [0.5, 0.6) is 0 Å². The summed E-state index contributed by atoms with van der Waals surface area (Å²) in [5.74, 6) is 0.0777. The van der Waals surface area contributed by atoms with E-state index in [0.717, 1.165) is 18.8 Å². The highest BCUT2D eigenvalue weighted by molar-refractivity contribution is 5.93. The van der Waals surface area contributed by atoms with E-state index in [0.29, 0.717) is 11.7 Å². The number of nitrogens with one attached hydrogen (secondary N) is 1. The van der Waals surface area contributed by atoms with E-state index in [1.807, 2.05) is 24.9 Å². The number of aryl methyl sites for hydroxylation is 2. The summed E-state index contributed by atoms with van der Waals surface area (Å²) < 4.78 is 1.66. The Balaban J connectivity index is 0.00000162. The van der Waals surface area contributed by atoms with Crippen molar-refractivity contribution in [2.75, 3.05) is 13.1 Å². The van der Waals surface area contributed by atoms with Gasteiger partial charge in [-0.2, -0.15) is 5.10 Å². The van der Waals surface area contributed by atoms with Crippen LogP contribution in [0, 0.1) is 6.92 Å². The number of nitrogens with zero attached hydrogens (tertiary/aromatic N) is 3. The molecule has 0 aliphatic carbocycles. The molecular weight excluding hydrogens is 252 g/mol. The van der Waals surface area contributed by atoms with Gasteiger partial charge in [0.2, 0.25) is 0 Å². The highest BCUT2D eigenvalue weighted by Crippen LogP contribution is 2.13. The van der Waals surface area contributed by atoms with Crippen molar-refractivity contribution >= 4 is 18.3 Å². The van der Waals surface area contributed by atoms with Gasteiger partial charge in [0.05, 0.1) is 5.69 Å². The summed E-state index contributed by atoms with van der Waals surface area (Å²) in [7, 11) is 1.82. The van der Waals surface area contributed by atoms with E-state index < -0.39 is 0 Å². The summed E-state index contributed by atoms with van der Waals surface area (Å²) in [5.41, 5.74) is 1.55. The number of piperazine rings is 1. The first-order valence-electron chi connectivity index (χ1n) is 6.04. The zero-order chi connectivity index (χ0) is 12.6. The monoisotopic (exact) mass is 272 g/mol. The fourth-order valence-corrected chi connectivity index (χ4v) is 2.26. The van der Waals surface area contributed by atoms with E-state index >= 15 is 0 Å². The SMILES string of the molecule is Cc1cc(C(=O)N2CC(C)NCC2C)n(C)n1.Cl. The van der Waals surface area contributed by atoms with Gasteiger partial charge in [0.15, 0.2) is 0 Å². The summed E-state index contributed by atoms with van der Waals surface area (Å²) in [4.78, 5) is 14.4. The van der Waals surface area contributed by atoms with Crippen molar-refractivity contribution in [2.24, 2.45) is 7.05 Å². The van der Waals surface area contributed by atoms with Crippen molar-refractivity contribution < 1.29 is 4.79 Å². The Kier molecular flexibility index (Phi) is 4.76. The number of amides is 1. The van der Waals surface area contributed by atoms with Crippen LogP contribution < -0.4 is 5.32 Å². The van der Waals surface area contributed by atoms with Crippen LogP contribution in [0.2, 0.25) is 0 Å². The zero-order valence-corrected chi connectivity index (χ0v) is 12.1. The molecule has 2 heterocycles. The first-order valence-corrected chi connectivity index (χ1v) is 6.04. The molecule has 1 aliphatic rings. The van der Waals surface area contributed by atoms with Gasteiger partial charge in [-0.15, -0.1) is 12.4 Å². The quantitative estimate of drug-likeness (QED) is 0.829. The third kappa shape index (κ3) is 2.84. The number of rotatable bonds is 1. The average Bonchev–Trinajstić information content (AvgIpc) is 2.60. The van der Waals surface area contributed by atoms with Gasteiger partial charge < -0.3 is 10.2 Å². The maximum Gasteiger partial charge on any atom is 0.272 e. The van der Waals surface area contributed by atoms with Crippen molar-refractivity contribution in [2.45, 2.75) is 32.9 Å². The topological polar surface area (TPSA) is 50.2 Å². The van der Waals surface area contributed by atoms with Crippen LogP contribution in [-0.4, -0.2) is 45.8 Å². The first kappa shape index (κ1) is 15.0. The summed E-state index contributed by atoms with van der Waals surface area (Å²) >= 11 is 0. The first-order chi connectivity index (χ1) is 7.99. The van der Waals surface area contributed by atoms with Gasteiger partial charge in [0.1, 0.15) is 5.69 Å². The van der Waals surface area contributed by atoms with Crippen LogP contribution in [0.1, 0.15) is 30.0 Å². The second-order valence-corrected chi connectivity index (χ2v) is 4.91. The third-order valence-electron chi connectivity index (χ3n) is 3.25. The van der Waals surface area contributed by atoms with E-state index in [1.165, 1.54) is 0 Å². The van der Waals surface area contributed by atoms with E-state index in [4.69, 9.17) is 0 Å². The largest absolute Gasteiger partial charge is 0.332 e. The lowest BCUT2D eigenvalue weighted by molar-refractivity contribution is 0.0605. The van der Waals surface area contributed by atoms with Crippen LogP contribution in [0.4, 0.5) is 0 Å². The molecule has 18 heavy (non-hydrogen) atoms. The summed E-state index contributed by atoms with van der Waals surface area (Å²) in [5, 5.41) is 7.60. The predicted octanol–water partition coefficient (Wildman–Crippen LogP) is 0.973. The van der Waals surface area contributed by atoms with Gasteiger partial charge in [-0.05, 0) is 26.8 Å². The van der Waals surface area contributed by atoms with Crippen LogP contribution in [0.25, 0.3) is 0 Å². The fraction of sp³-hybridized carbons (Fsp3) is 0.667. The average molecular weight is 273 g/mol. The minimum absolute atomic E-state index is 0. The van der Waals surface area contributed by atoms with Crippen LogP contribution in [-0.2, 0) is 7.05 Å². The molecule has 1 N–H and O–H groups in total. The van der Waals surface area contributed by atoms with Crippen molar-refractivity contribution in [1.82, 2.24) is 20.0 Å². The Hall–Kier alpha value is -1.07. The minimum atomic E-state index is 0. The molecule has 1 amide bonds. The number of carbonyl (C=O) groups is 1. The summed E-state index contributed by atoms with van der Waals surface area (Å²) in [6, 6.07) is 2.43. The van der Waals surface area contributed by atoms with Gasteiger partial charge in [0.25, 0.3) is 5.91 Å². The molecule has 6 heteroatoms. The predicted molar refractivity (Wildman–Crippen MR) is 73.2 cm³/mol. The lowest BCUT2D eigenvalue weighted by Gasteiger charge is -2.37. The van der Waals surface area contributed by atoms with Crippen LogP contribution in [0.15, 0.2) is 6.07 Å². The van der Waals surface area contributed by atoms with Crippen molar-refractivity contribution in [3.63, 3.8) is 0 Å². The maximum atomic E-state index is 12.4. The number of carbonyl (C=O) groups excluding carboxylic acids is 1. The zero-order valence-electron chi connectivity index (χ0n) is 11.3. The molecule has 5 nitrogen and oxygen atoms in total. The Morgan fingerprint density at radius 1 is 1.50 bits per heavy atom. The molecule has 102 valence electrons. The second kappa shape index (κ2) is 5.71. The number of hydrogen-bond acceptors (Lipinski definition) is 3. The van der Waals surface area contributed by atoms with Crippen molar-refractivity contribution in [3.8, 4) is 0 Å². The van der Waals surface area contributed by atoms with Gasteiger partial charge >= 0.3 is 0 Å². The molecule has 0 aromatic carbocycles. The summed E-state index contributed by atoms with van der Waals surface area (Å²) in [6.45, 7) is 7.68. The molecule has 1 aromatic heterocycles. The van der Waals surface area contributed by atoms with Crippen LogP contribution in [0.3, 0.4) is 0 Å². The molecule has 1 fully saturated rings. The molecule has 0 saturated carbocycles. The Bertz CT molecular complexity index is 432. The standard InChI is InChI=1S/C12H20N4O.ClH/c1-8-5-11(15(4)14-8)12(17)16-7-9(2)13-6-10(16)3;/h5,9-10,13H,6-7H2,1-4H3;1H. The molecule has 0 spiro atoms. The minimum Gasteiger partial charge on any atom is -0.332 e. The van der Waals surface area contributed by atoms with E-state index in [2.05, 4.69) is 24.3 Å². The fourth-order valence-electron chi connectivity index (χ4n) is 2.26. The molecule has 0 radical (unpaired) electrons. The lowest BCUT2D eigenvalue weighted by atomic mass is 10.1. The van der Waals surface area contributed by atoms with Crippen LogP contribution >= 0.6 is 12.4 Å². The van der Waals surface area contributed by atoms with Gasteiger partial charge in [-0.3, -0.25) is 9.48 Å². The molecule has 2 atom stereocenters. The van der Waals surface area contributed by atoms with E-state index in [1.54, 1.807) is 4.68 Å². The number of halogens is 1. The highest BCUT2D eigenvalue weighted by Gasteiger charge is 2.28. The van der Waals surface area contributed by atoms with Crippen molar-refractivity contribution in [3.05, 3.63) is 17.5 Å². The maximum absolute atomic E-state index is 12.4. The van der Waals surface area contributed by atoms with Gasteiger partial charge in [-0.1, -0.05) is 0 Å². The molecule has 2 unspecified atom stereocenters. The van der Waals surface area contributed by atoms with Crippen molar-refractivity contribution in [1.29, 1.82) is 0 Å². The van der Waals surface area contributed by atoms with Gasteiger partial charge in [0, 0.05) is 32.2 Å². The summed E-state index contributed by atoms with van der Waals surface area (Å²) in [6.07, 6.45) is 0. The van der Waals surface area contributed by atoms with E-state index in [-0.39, 0.29) is 24.4 Å². The number of hydrogen-bond donors (Lipinski definition) is 1. The lowest BCUT2D eigenvalue weighted by Crippen LogP contribution is -2.56. The van der Waals surface area contributed by atoms with Gasteiger partial charge in [-0.25, -0.2) is 0 Å². The third-order valence-corrected chi connectivity index (χ3v) is 3.25. The molecule has 1 aromatic rings. The Morgan fingerprint density at radius 3 is 2.72 bits per heavy atom. The highest BCUT2D eigenvalue weighted by atomic mass is 35.5. The Labute approximate surface area is 114 Å². The Morgan fingerprint density at radius 2 is 2.17 bits per heavy atom. The second-order valence-electron chi connectivity index (χ2n) is 4.91.